The fourth-order valence-electron chi connectivity index (χ4n) is 3.27. The number of amides is 1. The van der Waals surface area contributed by atoms with Crippen molar-refractivity contribution in [3.05, 3.63) is 83.7 Å². The second-order valence-electron chi connectivity index (χ2n) is 6.80. The lowest BCUT2D eigenvalue weighted by atomic mass is 10.1. The Hall–Kier alpha value is -2.79. The molecule has 0 atom stereocenters. The van der Waals surface area contributed by atoms with Crippen molar-refractivity contribution in [2.24, 2.45) is 0 Å². The first-order valence-electron chi connectivity index (χ1n) is 9.42. The van der Waals surface area contributed by atoms with Gasteiger partial charge in [-0.15, -0.1) is 11.8 Å². The van der Waals surface area contributed by atoms with Crippen molar-refractivity contribution >= 4 is 23.4 Å². The van der Waals surface area contributed by atoms with Crippen LogP contribution in [0.3, 0.4) is 0 Å². The fourth-order valence-corrected chi connectivity index (χ4v) is 4.10. The minimum absolute atomic E-state index is 0.0102. The lowest BCUT2D eigenvalue weighted by Crippen LogP contribution is -2.20. The Labute approximate surface area is 169 Å². The third kappa shape index (κ3) is 4.93. The molecule has 1 N–H and O–H groups in total. The predicted molar refractivity (Wildman–Crippen MR) is 113 cm³/mol. The molecule has 1 amide bonds. The van der Waals surface area contributed by atoms with Gasteiger partial charge in [-0.1, -0.05) is 12.1 Å². The van der Waals surface area contributed by atoms with Crippen molar-refractivity contribution in [2.45, 2.75) is 29.9 Å². The van der Waals surface area contributed by atoms with E-state index < -0.39 is 0 Å². The van der Waals surface area contributed by atoms with Crippen LogP contribution in [0.5, 0.6) is 5.75 Å². The molecular formula is C23H22N2O2S. The van der Waals surface area contributed by atoms with Gasteiger partial charge < -0.3 is 10.1 Å². The lowest BCUT2D eigenvalue weighted by molar-refractivity contribution is -0.118. The normalized spacial score (nSPS) is 12.4. The number of rotatable bonds is 7. The molecule has 0 radical (unpaired) electrons. The molecule has 0 aliphatic heterocycles. The van der Waals surface area contributed by atoms with E-state index in [9.17, 15) is 4.79 Å². The number of aryl methyl sites for hydroxylation is 2. The number of nitrogens with zero attached hydrogens (tertiary/aromatic N) is 1. The summed E-state index contributed by atoms with van der Waals surface area (Å²) in [6.07, 6.45) is 7.11. The van der Waals surface area contributed by atoms with E-state index in [1.165, 1.54) is 23.1 Å². The number of anilines is 1. The van der Waals surface area contributed by atoms with E-state index in [4.69, 9.17) is 4.74 Å². The number of benzene rings is 2. The molecule has 1 aliphatic carbocycles. The summed E-state index contributed by atoms with van der Waals surface area (Å²) in [7, 11) is 0. The number of carbonyl (C=O) groups excluding carboxylic acids is 1. The molecule has 1 aromatic heterocycles. The summed E-state index contributed by atoms with van der Waals surface area (Å²) in [5.74, 6) is 1.47. The number of hydrogen-bond acceptors (Lipinski definition) is 4. The Bertz CT molecular complexity index is 943. The summed E-state index contributed by atoms with van der Waals surface area (Å²) < 4.78 is 5.65. The Morgan fingerprint density at radius 3 is 2.75 bits per heavy atom. The van der Waals surface area contributed by atoms with Gasteiger partial charge in [-0.05, 0) is 78.4 Å². The molecule has 0 spiro atoms. The summed E-state index contributed by atoms with van der Waals surface area (Å²) in [6, 6.07) is 18.0. The van der Waals surface area contributed by atoms with Crippen LogP contribution in [0.1, 0.15) is 23.1 Å². The molecule has 3 aromatic rings. The van der Waals surface area contributed by atoms with Crippen LogP contribution in [0.4, 0.5) is 5.69 Å². The van der Waals surface area contributed by atoms with Crippen molar-refractivity contribution in [3.63, 3.8) is 0 Å². The molecule has 28 heavy (non-hydrogen) atoms. The SMILES string of the molecule is O=C(COc1ccc2c(c1)CCC2)Nc1ccc(SCc2cccnc2)cc1. The van der Waals surface area contributed by atoms with Gasteiger partial charge in [-0.25, -0.2) is 0 Å². The Morgan fingerprint density at radius 1 is 1.07 bits per heavy atom. The van der Waals surface area contributed by atoms with Crippen LogP contribution in [-0.2, 0) is 23.4 Å². The van der Waals surface area contributed by atoms with Crippen LogP contribution in [0.2, 0.25) is 0 Å². The highest BCUT2D eigenvalue weighted by molar-refractivity contribution is 7.98. The fraction of sp³-hybridized carbons (Fsp3) is 0.217. The summed E-state index contributed by atoms with van der Waals surface area (Å²) >= 11 is 1.74. The third-order valence-corrected chi connectivity index (χ3v) is 5.79. The zero-order valence-corrected chi connectivity index (χ0v) is 16.4. The van der Waals surface area contributed by atoms with E-state index >= 15 is 0 Å². The Balaban J connectivity index is 1.25. The van der Waals surface area contributed by atoms with Crippen LogP contribution in [0, 0.1) is 0 Å². The number of fused-ring (bicyclic) bond motifs is 1. The molecule has 5 heteroatoms. The lowest BCUT2D eigenvalue weighted by Gasteiger charge is -2.09. The average molecular weight is 391 g/mol. The van der Waals surface area contributed by atoms with Crippen LogP contribution < -0.4 is 10.1 Å². The van der Waals surface area contributed by atoms with Gasteiger partial charge in [0.05, 0.1) is 0 Å². The van der Waals surface area contributed by atoms with Gasteiger partial charge in [0.25, 0.3) is 5.91 Å². The molecule has 1 aliphatic rings. The molecule has 142 valence electrons. The van der Waals surface area contributed by atoms with E-state index in [2.05, 4.69) is 28.5 Å². The number of carbonyl (C=O) groups is 1. The molecular weight excluding hydrogens is 368 g/mol. The first-order chi connectivity index (χ1) is 13.8. The third-order valence-electron chi connectivity index (χ3n) is 4.71. The van der Waals surface area contributed by atoms with Gasteiger partial charge in [0.15, 0.2) is 6.61 Å². The number of nitrogens with one attached hydrogen (secondary N) is 1. The highest BCUT2D eigenvalue weighted by atomic mass is 32.2. The number of pyridine rings is 1. The van der Waals surface area contributed by atoms with E-state index in [1.54, 1.807) is 18.0 Å². The largest absolute Gasteiger partial charge is 0.484 e. The predicted octanol–water partition coefficient (Wildman–Crippen LogP) is 4.88. The molecule has 1 heterocycles. The van der Waals surface area contributed by atoms with Gasteiger partial charge in [0, 0.05) is 28.7 Å². The first kappa shape index (κ1) is 18.6. The topological polar surface area (TPSA) is 51.2 Å². The van der Waals surface area contributed by atoms with Gasteiger partial charge in [-0.3, -0.25) is 9.78 Å². The van der Waals surface area contributed by atoms with Crippen molar-refractivity contribution < 1.29 is 9.53 Å². The molecule has 0 saturated carbocycles. The number of thioether (sulfide) groups is 1. The molecule has 2 aromatic carbocycles. The van der Waals surface area contributed by atoms with Gasteiger partial charge >= 0.3 is 0 Å². The van der Waals surface area contributed by atoms with Crippen molar-refractivity contribution in [1.82, 2.24) is 4.98 Å². The minimum Gasteiger partial charge on any atom is -0.484 e. The van der Waals surface area contributed by atoms with Crippen molar-refractivity contribution in [1.29, 1.82) is 0 Å². The summed E-state index contributed by atoms with van der Waals surface area (Å²) in [4.78, 5) is 17.4. The molecule has 4 nitrogen and oxygen atoms in total. The highest BCUT2D eigenvalue weighted by Crippen LogP contribution is 2.26. The van der Waals surface area contributed by atoms with Gasteiger partial charge in [-0.2, -0.15) is 0 Å². The minimum atomic E-state index is -0.156. The average Bonchev–Trinajstić information content (AvgIpc) is 3.20. The van der Waals surface area contributed by atoms with Gasteiger partial charge in [0.2, 0.25) is 0 Å². The number of ether oxygens (including phenoxy) is 1. The van der Waals surface area contributed by atoms with Crippen LogP contribution >= 0.6 is 11.8 Å². The second kappa shape index (κ2) is 8.93. The summed E-state index contributed by atoms with van der Waals surface area (Å²) in [5, 5.41) is 2.88. The summed E-state index contributed by atoms with van der Waals surface area (Å²) in [6.45, 7) is 0.0102. The first-order valence-corrected chi connectivity index (χ1v) is 10.4. The maximum absolute atomic E-state index is 12.2. The van der Waals surface area contributed by atoms with E-state index in [-0.39, 0.29) is 12.5 Å². The molecule has 0 fully saturated rings. The maximum atomic E-state index is 12.2. The van der Waals surface area contributed by atoms with E-state index in [1.807, 2.05) is 42.6 Å². The van der Waals surface area contributed by atoms with Crippen LogP contribution in [0.15, 0.2) is 71.9 Å². The standard InChI is InChI=1S/C23H22N2O2S/c26-23(15-27-21-9-6-18-4-1-5-19(18)13-21)25-20-7-10-22(11-8-20)28-16-17-3-2-12-24-14-17/h2-3,6-14H,1,4-5,15-16H2,(H,25,26). The Kier molecular flexibility index (Phi) is 5.92. The quantitative estimate of drug-likeness (QED) is 0.584. The Morgan fingerprint density at radius 2 is 1.93 bits per heavy atom. The highest BCUT2D eigenvalue weighted by Gasteiger charge is 2.12. The molecule has 0 unspecified atom stereocenters. The van der Waals surface area contributed by atoms with E-state index in [0.717, 1.165) is 34.9 Å². The number of hydrogen-bond donors (Lipinski definition) is 1. The number of aromatic nitrogens is 1. The zero-order valence-electron chi connectivity index (χ0n) is 15.6. The van der Waals surface area contributed by atoms with Crippen molar-refractivity contribution in [3.8, 4) is 5.75 Å². The monoisotopic (exact) mass is 390 g/mol. The molecule has 0 saturated heterocycles. The van der Waals surface area contributed by atoms with Crippen LogP contribution in [-0.4, -0.2) is 17.5 Å². The smallest absolute Gasteiger partial charge is 0.262 e. The van der Waals surface area contributed by atoms with Crippen molar-refractivity contribution in [2.75, 3.05) is 11.9 Å². The molecule has 0 bridgehead atoms. The second-order valence-corrected chi connectivity index (χ2v) is 7.84. The summed E-state index contributed by atoms with van der Waals surface area (Å²) in [5.41, 5.74) is 4.71. The molecule has 4 rings (SSSR count). The van der Waals surface area contributed by atoms with Crippen LogP contribution in [0.25, 0.3) is 0 Å². The van der Waals surface area contributed by atoms with Gasteiger partial charge in [0.1, 0.15) is 5.75 Å². The van der Waals surface area contributed by atoms with E-state index in [0.29, 0.717) is 0 Å². The zero-order chi connectivity index (χ0) is 19.2. The maximum Gasteiger partial charge on any atom is 0.262 e.